The van der Waals surface area contributed by atoms with E-state index in [4.69, 9.17) is 4.74 Å². The molecule has 0 aromatic carbocycles. The number of hydrogen-bond acceptors (Lipinski definition) is 4. The number of aromatic nitrogens is 2. The van der Waals surface area contributed by atoms with Crippen LogP contribution in [0, 0.1) is 0 Å². The number of imidazole rings is 1. The van der Waals surface area contributed by atoms with Crippen molar-refractivity contribution in [1.29, 1.82) is 0 Å². The van der Waals surface area contributed by atoms with Gasteiger partial charge in [0.25, 0.3) is 0 Å². The summed E-state index contributed by atoms with van der Waals surface area (Å²) in [5, 5.41) is 3.40. The molecule has 0 aliphatic rings. The Bertz CT molecular complexity index is 380. The third-order valence-electron chi connectivity index (χ3n) is 2.46. The molecule has 0 saturated heterocycles. The predicted octanol–water partition coefficient (Wildman–Crippen LogP) is 1.72. The van der Waals surface area contributed by atoms with Crippen molar-refractivity contribution in [3.05, 3.63) is 18.2 Å². The summed E-state index contributed by atoms with van der Waals surface area (Å²) in [5.74, 6) is -0.166. The number of nitrogens with one attached hydrogen (secondary N) is 1. The summed E-state index contributed by atoms with van der Waals surface area (Å²) in [7, 11) is 0. The van der Waals surface area contributed by atoms with Gasteiger partial charge in [-0.05, 0) is 27.7 Å². The summed E-state index contributed by atoms with van der Waals surface area (Å²) >= 11 is 0. The fourth-order valence-electron chi connectivity index (χ4n) is 1.50. The Morgan fingerprint density at radius 2 is 2.22 bits per heavy atom. The zero-order valence-electron chi connectivity index (χ0n) is 11.7. The van der Waals surface area contributed by atoms with Crippen molar-refractivity contribution in [3.8, 4) is 0 Å². The van der Waals surface area contributed by atoms with Gasteiger partial charge in [0.15, 0.2) is 0 Å². The molecule has 0 aliphatic heterocycles. The SMILES string of the molecule is CCOC(=O)CCn1cncc1CNC(C)(C)C. The van der Waals surface area contributed by atoms with Gasteiger partial charge in [0.05, 0.1) is 25.0 Å². The maximum Gasteiger partial charge on any atom is 0.307 e. The lowest BCUT2D eigenvalue weighted by Gasteiger charge is -2.20. The first kappa shape index (κ1) is 14.7. The molecule has 0 amide bonds. The number of nitrogens with zero attached hydrogens (tertiary/aromatic N) is 2. The standard InChI is InChI=1S/C13H23N3O2/c1-5-18-12(17)6-7-16-10-14-8-11(16)9-15-13(2,3)4/h8,10,15H,5-7,9H2,1-4H3. The van der Waals surface area contributed by atoms with E-state index in [2.05, 4.69) is 31.1 Å². The molecule has 1 heterocycles. The highest BCUT2D eigenvalue weighted by Crippen LogP contribution is 2.05. The van der Waals surface area contributed by atoms with Crippen LogP contribution in [0.25, 0.3) is 0 Å². The Morgan fingerprint density at radius 1 is 1.50 bits per heavy atom. The molecule has 1 aromatic heterocycles. The molecule has 0 bridgehead atoms. The molecule has 5 heteroatoms. The van der Waals surface area contributed by atoms with Crippen LogP contribution in [-0.4, -0.2) is 27.7 Å². The first-order valence-electron chi connectivity index (χ1n) is 6.32. The lowest BCUT2D eigenvalue weighted by atomic mass is 10.1. The van der Waals surface area contributed by atoms with Gasteiger partial charge in [0.1, 0.15) is 0 Å². The number of hydrogen-bond donors (Lipinski definition) is 1. The van der Waals surface area contributed by atoms with Crippen molar-refractivity contribution in [2.75, 3.05) is 6.61 Å². The first-order chi connectivity index (χ1) is 8.42. The number of aryl methyl sites for hydroxylation is 1. The molecule has 0 aliphatic carbocycles. The Kier molecular flexibility index (Phi) is 5.34. The van der Waals surface area contributed by atoms with Crippen LogP contribution in [0.15, 0.2) is 12.5 Å². The molecular weight excluding hydrogens is 230 g/mol. The zero-order chi connectivity index (χ0) is 13.6. The minimum atomic E-state index is -0.166. The monoisotopic (exact) mass is 253 g/mol. The smallest absolute Gasteiger partial charge is 0.307 e. The number of esters is 1. The quantitative estimate of drug-likeness (QED) is 0.784. The van der Waals surface area contributed by atoms with Crippen molar-refractivity contribution >= 4 is 5.97 Å². The minimum absolute atomic E-state index is 0.0657. The number of carbonyl (C=O) groups is 1. The van der Waals surface area contributed by atoms with E-state index >= 15 is 0 Å². The Labute approximate surface area is 109 Å². The highest BCUT2D eigenvalue weighted by molar-refractivity contribution is 5.69. The maximum atomic E-state index is 11.3. The molecule has 1 N–H and O–H groups in total. The van der Waals surface area contributed by atoms with E-state index in [9.17, 15) is 4.79 Å². The molecule has 1 rings (SSSR count). The first-order valence-corrected chi connectivity index (χ1v) is 6.32. The minimum Gasteiger partial charge on any atom is -0.466 e. The van der Waals surface area contributed by atoms with Crippen molar-refractivity contribution < 1.29 is 9.53 Å². The van der Waals surface area contributed by atoms with Crippen molar-refractivity contribution in [2.45, 2.75) is 52.7 Å². The summed E-state index contributed by atoms with van der Waals surface area (Å²) in [4.78, 5) is 15.4. The third kappa shape index (κ3) is 5.31. The molecular formula is C13H23N3O2. The molecule has 0 unspecified atom stereocenters. The third-order valence-corrected chi connectivity index (χ3v) is 2.46. The highest BCUT2D eigenvalue weighted by Gasteiger charge is 2.11. The van der Waals surface area contributed by atoms with Crippen molar-refractivity contribution in [3.63, 3.8) is 0 Å². The van der Waals surface area contributed by atoms with Crippen LogP contribution in [0.1, 0.15) is 39.8 Å². The number of rotatable bonds is 6. The van der Waals surface area contributed by atoms with E-state index in [1.54, 1.807) is 6.33 Å². The lowest BCUT2D eigenvalue weighted by Crippen LogP contribution is -2.35. The highest BCUT2D eigenvalue weighted by atomic mass is 16.5. The van der Waals surface area contributed by atoms with Gasteiger partial charge >= 0.3 is 5.97 Å². The molecule has 5 nitrogen and oxygen atoms in total. The van der Waals surface area contributed by atoms with Crippen LogP contribution in [0.5, 0.6) is 0 Å². The second-order valence-electron chi connectivity index (χ2n) is 5.24. The average molecular weight is 253 g/mol. The van der Waals surface area contributed by atoms with Crippen LogP contribution in [-0.2, 0) is 22.6 Å². The second-order valence-corrected chi connectivity index (χ2v) is 5.24. The van der Waals surface area contributed by atoms with Gasteiger partial charge in [-0.15, -0.1) is 0 Å². The van der Waals surface area contributed by atoms with E-state index in [0.717, 1.165) is 12.2 Å². The second kappa shape index (κ2) is 6.54. The molecule has 0 saturated carbocycles. The predicted molar refractivity (Wildman–Crippen MR) is 70.1 cm³/mol. The maximum absolute atomic E-state index is 11.3. The Morgan fingerprint density at radius 3 is 2.83 bits per heavy atom. The summed E-state index contributed by atoms with van der Waals surface area (Å²) in [6, 6.07) is 0. The Hall–Kier alpha value is -1.36. The molecule has 0 spiro atoms. The largest absolute Gasteiger partial charge is 0.466 e. The Balaban J connectivity index is 2.47. The van der Waals surface area contributed by atoms with E-state index in [0.29, 0.717) is 19.6 Å². The van der Waals surface area contributed by atoms with Gasteiger partial charge in [-0.3, -0.25) is 4.79 Å². The fourth-order valence-corrected chi connectivity index (χ4v) is 1.50. The van der Waals surface area contributed by atoms with Crippen molar-refractivity contribution in [2.24, 2.45) is 0 Å². The van der Waals surface area contributed by atoms with Crippen LogP contribution in [0.2, 0.25) is 0 Å². The van der Waals surface area contributed by atoms with E-state index in [1.165, 1.54) is 0 Å². The summed E-state index contributed by atoms with van der Waals surface area (Å²) < 4.78 is 6.89. The molecule has 0 radical (unpaired) electrons. The van der Waals surface area contributed by atoms with E-state index in [-0.39, 0.29) is 11.5 Å². The summed E-state index contributed by atoms with van der Waals surface area (Å²) in [5.41, 5.74) is 1.14. The van der Waals surface area contributed by atoms with Crippen LogP contribution >= 0.6 is 0 Å². The summed E-state index contributed by atoms with van der Waals surface area (Å²) in [6.45, 7) is 9.95. The van der Waals surface area contributed by atoms with Crippen LogP contribution in [0.3, 0.4) is 0 Å². The number of ether oxygens (including phenoxy) is 1. The van der Waals surface area contributed by atoms with Gasteiger partial charge in [0.2, 0.25) is 0 Å². The van der Waals surface area contributed by atoms with Crippen molar-refractivity contribution in [1.82, 2.24) is 14.9 Å². The lowest BCUT2D eigenvalue weighted by molar-refractivity contribution is -0.143. The van der Waals surface area contributed by atoms with Gasteiger partial charge in [0, 0.05) is 24.8 Å². The van der Waals surface area contributed by atoms with Crippen LogP contribution < -0.4 is 5.32 Å². The normalized spacial score (nSPS) is 11.6. The zero-order valence-corrected chi connectivity index (χ0v) is 11.7. The van der Waals surface area contributed by atoms with Gasteiger partial charge in [-0.1, -0.05) is 0 Å². The van der Waals surface area contributed by atoms with Gasteiger partial charge in [-0.25, -0.2) is 4.98 Å². The van der Waals surface area contributed by atoms with Crippen LogP contribution in [0.4, 0.5) is 0 Å². The molecule has 18 heavy (non-hydrogen) atoms. The average Bonchev–Trinajstić information content (AvgIpc) is 2.70. The topological polar surface area (TPSA) is 56.2 Å². The summed E-state index contributed by atoms with van der Waals surface area (Å²) in [6.07, 6.45) is 3.95. The van der Waals surface area contributed by atoms with E-state index in [1.807, 2.05) is 17.7 Å². The molecule has 0 fully saturated rings. The fraction of sp³-hybridized carbons (Fsp3) is 0.692. The molecule has 0 atom stereocenters. The van der Waals surface area contributed by atoms with Gasteiger partial charge < -0.3 is 14.6 Å². The molecule has 102 valence electrons. The molecule has 1 aromatic rings. The number of carbonyl (C=O) groups excluding carboxylic acids is 1. The van der Waals surface area contributed by atoms with Gasteiger partial charge in [-0.2, -0.15) is 0 Å². The van der Waals surface area contributed by atoms with E-state index < -0.39 is 0 Å².